The monoisotopic (exact) mass is 411 g/mol. The summed E-state index contributed by atoms with van der Waals surface area (Å²) in [5.41, 5.74) is 2.14. The molecule has 0 unspecified atom stereocenters. The minimum atomic E-state index is -0.199. The number of amides is 1. The van der Waals surface area contributed by atoms with Crippen LogP contribution in [-0.2, 0) is 4.79 Å². The smallest absolute Gasteiger partial charge is 0.221 e. The van der Waals surface area contributed by atoms with Crippen molar-refractivity contribution in [3.05, 3.63) is 35.4 Å². The van der Waals surface area contributed by atoms with Crippen LogP contribution in [0.4, 0.5) is 11.5 Å². The number of aliphatic hydroxyl groups excluding tert-OH is 2. The van der Waals surface area contributed by atoms with Crippen LogP contribution in [0.5, 0.6) is 0 Å². The van der Waals surface area contributed by atoms with E-state index in [1.165, 1.54) is 18.7 Å². The number of hydrogen-bond donors (Lipinski definition) is 4. The van der Waals surface area contributed by atoms with Crippen LogP contribution in [0.25, 0.3) is 11.1 Å². The molecule has 1 heterocycles. The van der Waals surface area contributed by atoms with Gasteiger partial charge < -0.3 is 20.8 Å². The largest absolute Gasteiger partial charge is 0.396 e. The minimum Gasteiger partial charge on any atom is -0.396 e. The molecule has 8 nitrogen and oxygen atoms in total. The van der Waals surface area contributed by atoms with E-state index in [-0.39, 0.29) is 30.2 Å². The molecule has 2 aromatic rings. The first kappa shape index (κ1) is 22.2. The summed E-state index contributed by atoms with van der Waals surface area (Å²) < 4.78 is 0. The van der Waals surface area contributed by atoms with E-state index in [9.17, 15) is 15.3 Å². The highest BCUT2D eigenvalue weighted by Gasteiger charge is 2.21. The van der Waals surface area contributed by atoms with Crippen LogP contribution in [0, 0.1) is 22.7 Å². The number of pyridine rings is 1. The molecule has 0 aliphatic rings. The van der Waals surface area contributed by atoms with Gasteiger partial charge in [-0.2, -0.15) is 10.5 Å². The maximum absolute atomic E-state index is 11.2. The number of hydrogen-bond acceptors (Lipinski definition) is 8. The average Bonchev–Trinajstić information content (AvgIpc) is 2.71. The molecule has 9 heteroatoms. The number of aromatic nitrogens is 1. The molecule has 150 valence electrons. The third-order valence-corrected chi connectivity index (χ3v) is 4.79. The molecule has 0 fully saturated rings. The van der Waals surface area contributed by atoms with Crippen LogP contribution in [0.1, 0.15) is 24.5 Å². The van der Waals surface area contributed by atoms with Crippen molar-refractivity contribution >= 4 is 29.2 Å². The zero-order chi connectivity index (χ0) is 21.2. The van der Waals surface area contributed by atoms with Crippen LogP contribution in [0.15, 0.2) is 29.3 Å². The second kappa shape index (κ2) is 11.0. The molecule has 1 aromatic carbocycles. The van der Waals surface area contributed by atoms with E-state index in [1.54, 1.807) is 24.3 Å². The van der Waals surface area contributed by atoms with Crippen molar-refractivity contribution in [3.63, 3.8) is 0 Å². The van der Waals surface area contributed by atoms with Crippen LogP contribution < -0.4 is 10.6 Å². The average molecular weight is 411 g/mol. The fraction of sp³-hybridized carbons (Fsp3) is 0.300. The predicted molar refractivity (Wildman–Crippen MR) is 111 cm³/mol. The summed E-state index contributed by atoms with van der Waals surface area (Å²) in [4.78, 5) is 15.7. The van der Waals surface area contributed by atoms with E-state index in [1.807, 2.05) is 0 Å². The van der Waals surface area contributed by atoms with Gasteiger partial charge in [0.15, 0.2) is 0 Å². The highest BCUT2D eigenvalue weighted by molar-refractivity contribution is 7.99. The summed E-state index contributed by atoms with van der Waals surface area (Å²) in [5.74, 6) is 0.473. The second-order valence-electron chi connectivity index (χ2n) is 5.95. The Morgan fingerprint density at radius 3 is 2.38 bits per heavy atom. The van der Waals surface area contributed by atoms with Gasteiger partial charge in [-0.25, -0.2) is 4.98 Å². The Hall–Kier alpha value is -3.11. The SMILES string of the molecule is CC(=O)Nc1ccc(-c2c(C#N)c(NCCCO)nc(SCCO)c2C#N)cc1. The molecule has 1 aromatic heterocycles. The molecule has 0 saturated carbocycles. The fourth-order valence-electron chi connectivity index (χ4n) is 2.65. The van der Waals surface area contributed by atoms with Crippen LogP contribution >= 0.6 is 11.8 Å². The molecular weight excluding hydrogens is 390 g/mol. The molecule has 0 saturated heterocycles. The number of anilines is 2. The van der Waals surface area contributed by atoms with Crippen LogP contribution in [0.2, 0.25) is 0 Å². The number of carbonyl (C=O) groups is 1. The molecule has 0 atom stereocenters. The highest BCUT2D eigenvalue weighted by Crippen LogP contribution is 2.36. The summed E-state index contributed by atoms with van der Waals surface area (Å²) in [6.45, 7) is 1.74. The predicted octanol–water partition coefficient (Wildman–Crippen LogP) is 2.33. The highest BCUT2D eigenvalue weighted by atomic mass is 32.2. The first-order valence-electron chi connectivity index (χ1n) is 8.90. The fourth-order valence-corrected chi connectivity index (χ4v) is 3.38. The van der Waals surface area contributed by atoms with Gasteiger partial charge in [0.25, 0.3) is 0 Å². The number of nitrogens with one attached hydrogen (secondary N) is 2. The van der Waals surface area contributed by atoms with Gasteiger partial charge in [0.1, 0.15) is 28.5 Å². The summed E-state index contributed by atoms with van der Waals surface area (Å²) in [6.07, 6.45) is 0.479. The molecule has 4 N–H and O–H groups in total. The molecular formula is C20H21N5O3S. The van der Waals surface area contributed by atoms with Crippen molar-refractivity contribution in [1.29, 1.82) is 10.5 Å². The molecule has 2 rings (SSSR count). The Morgan fingerprint density at radius 1 is 1.14 bits per heavy atom. The summed E-state index contributed by atoms with van der Waals surface area (Å²) in [5, 5.41) is 43.9. The normalized spacial score (nSPS) is 10.1. The summed E-state index contributed by atoms with van der Waals surface area (Å²) >= 11 is 1.23. The lowest BCUT2D eigenvalue weighted by atomic mass is 9.96. The molecule has 0 aliphatic heterocycles. The Bertz CT molecular complexity index is 949. The zero-order valence-corrected chi connectivity index (χ0v) is 16.7. The van der Waals surface area contributed by atoms with Crippen molar-refractivity contribution in [2.24, 2.45) is 0 Å². The summed E-state index contributed by atoms with van der Waals surface area (Å²) in [6, 6.07) is 11.1. The molecule has 29 heavy (non-hydrogen) atoms. The van der Waals surface area contributed by atoms with Gasteiger partial charge in [-0.1, -0.05) is 12.1 Å². The van der Waals surface area contributed by atoms with Gasteiger partial charge in [0.2, 0.25) is 5.91 Å². The van der Waals surface area contributed by atoms with Crippen molar-refractivity contribution < 1.29 is 15.0 Å². The van der Waals surface area contributed by atoms with Gasteiger partial charge in [0.05, 0.1) is 12.2 Å². The van der Waals surface area contributed by atoms with E-state index in [4.69, 9.17) is 10.2 Å². The van der Waals surface area contributed by atoms with Crippen molar-refractivity contribution in [1.82, 2.24) is 4.98 Å². The van der Waals surface area contributed by atoms with Gasteiger partial charge in [-0.15, -0.1) is 11.8 Å². The maximum Gasteiger partial charge on any atom is 0.221 e. The molecule has 0 spiro atoms. The second-order valence-corrected chi connectivity index (χ2v) is 7.03. The number of rotatable bonds is 9. The van der Waals surface area contributed by atoms with Crippen LogP contribution in [-0.4, -0.2) is 46.6 Å². The molecule has 0 bridgehead atoms. The zero-order valence-electron chi connectivity index (χ0n) is 15.9. The molecule has 0 aliphatic carbocycles. The number of aliphatic hydroxyl groups is 2. The van der Waals surface area contributed by atoms with Crippen molar-refractivity contribution in [3.8, 4) is 23.3 Å². The number of benzene rings is 1. The third-order valence-electron chi connectivity index (χ3n) is 3.84. The van der Waals surface area contributed by atoms with Gasteiger partial charge in [-0.05, 0) is 24.1 Å². The first-order valence-corrected chi connectivity index (χ1v) is 9.88. The Balaban J connectivity index is 2.62. The van der Waals surface area contributed by atoms with Crippen molar-refractivity contribution in [2.75, 3.05) is 36.1 Å². The Kier molecular flexibility index (Phi) is 8.44. The number of thioether (sulfide) groups is 1. The van der Waals surface area contributed by atoms with Gasteiger partial charge in [0, 0.05) is 37.1 Å². The first-order chi connectivity index (χ1) is 14.0. The number of carbonyl (C=O) groups excluding carboxylic acids is 1. The number of nitrogens with zero attached hydrogens (tertiary/aromatic N) is 3. The number of nitriles is 2. The van der Waals surface area contributed by atoms with E-state index in [0.717, 1.165) is 0 Å². The lowest BCUT2D eigenvalue weighted by Gasteiger charge is -2.16. The van der Waals surface area contributed by atoms with E-state index in [0.29, 0.717) is 46.4 Å². The van der Waals surface area contributed by atoms with Crippen LogP contribution in [0.3, 0.4) is 0 Å². The lowest BCUT2D eigenvalue weighted by Crippen LogP contribution is -2.10. The van der Waals surface area contributed by atoms with Gasteiger partial charge >= 0.3 is 0 Å². The van der Waals surface area contributed by atoms with E-state index in [2.05, 4.69) is 27.8 Å². The van der Waals surface area contributed by atoms with E-state index >= 15 is 0 Å². The minimum absolute atomic E-state index is 0.00520. The maximum atomic E-state index is 11.2. The Labute approximate surface area is 173 Å². The van der Waals surface area contributed by atoms with E-state index < -0.39 is 0 Å². The van der Waals surface area contributed by atoms with Gasteiger partial charge in [-0.3, -0.25) is 4.79 Å². The third kappa shape index (κ3) is 5.69. The van der Waals surface area contributed by atoms with Crippen molar-refractivity contribution in [2.45, 2.75) is 18.4 Å². The standard InChI is InChI=1S/C20H21N5O3S/c1-13(28)24-15-5-3-14(4-6-15)18-16(11-21)19(23-7-2-8-26)25-20(17(18)12-22)29-10-9-27/h3-6,26-27H,2,7-10H2,1H3,(H,23,25)(H,24,28). The topological polar surface area (TPSA) is 142 Å². The molecule has 0 radical (unpaired) electrons. The quantitative estimate of drug-likeness (QED) is 0.364. The Morgan fingerprint density at radius 2 is 1.83 bits per heavy atom. The summed E-state index contributed by atoms with van der Waals surface area (Å²) in [7, 11) is 0. The molecule has 1 amide bonds. The lowest BCUT2D eigenvalue weighted by molar-refractivity contribution is -0.114.